The second-order valence-electron chi connectivity index (χ2n) is 6.25. The Balaban J connectivity index is 1.69. The molecule has 0 spiro atoms. The topological polar surface area (TPSA) is 91.5 Å². The van der Waals surface area contributed by atoms with Gasteiger partial charge in [0.1, 0.15) is 7.85 Å². The summed E-state index contributed by atoms with van der Waals surface area (Å²) in [4.78, 5) is 18.9. The Kier molecular flexibility index (Phi) is 3.60. The molecule has 1 aromatic carbocycles. The molecule has 25 heavy (non-hydrogen) atoms. The summed E-state index contributed by atoms with van der Waals surface area (Å²) in [5.74, 6) is -0.232. The van der Waals surface area contributed by atoms with Crippen LogP contribution in [0.2, 0.25) is 0 Å². The number of rotatable bonds is 3. The fraction of sp³-hybridized carbons (Fsp3) is 0.158. The molecule has 0 saturated heterocycles. The number of carbonyl (C=O) groups is 1. The van der Waals surface area contributed by atoms with Crippen molar-refractivity contribution >= 4 is 19.5 Å². The van der Waals surface area contributed by atoms with Gasteiger partial charge < -0.3 is 15.8 Å². The predicted molar refractivity (Wildman–Crippen MR) is 97.7 cm³/mol. The first-order valence-electron chi connectivity index (χ1n) is 8.07. The second kappa shape index (κ2) is 5.81. The predicted octanol–water partition coefficient (Wildman–Crippen LogP) is 2.42. The number of hydrogen-bond acceptors (Lipinski definition) is 3. The number of allylic oxidation sites excluding steroid dienone is 4. The molecule has 1 aromatic heterocycles. The molecule has 0 fully saturated rings. The van der Waals surface area contributed by atoms with Gasteiger partial charge in [0, 0.05) is 17.0 Å². The lowest BCUT2D eigenvalue weighted by Gasteiger charge is -2.15. The van der Waals surface area contributed by atoms with E-state index < -0.39 is 5.91 Å². The summed E-state index contributed by atoms with van der Waals surface area (Å²) in [5.41, 5.74) is 10.8. The molecule has 1 atom stereocenters. The zero-order valence-electron chi connectivity index (χ0n) is 13.5. The largest absolute Gasteiger partial charge is 0.494 e. The van der Waals surface area contributed by atoms with E-state index in [1.165, 1.54) is 0 Å². The Morgan fingerprint density at radius 2 is 2.08 bits per heavy atom. The van der Waals surface area contributed by atoms with Crippen molar-refractivity contribution < 1.29 is 9.90 Å². The van der Waals surface area contributed by atoms with E-state index in [0.717, 1.165) is 40.0 Å². The van der Waals surface area contributed by atoms with E-state index in [4.69, 9.17) is 13.6 Å². The molecule has 1 unspecified atom stereocenters. The number of primary amides is 1. The van der Waals surface area contributed by atoms with Crippen molar-refractivity contribution in [1.82, 2.24) is 4.98 Å². The quantitative estimate of drug-likeness (QED) is 0.755. The molecule has 0 bridgehead atoms. The summed E-state index contributed by atoms with van der Waals surface area (Å²) in [6, 6.07) is 6.98. The van der Waals surface area contributed by atoms with Crippen LogP contribution in [0.25, 0.3) is 11.3 Å². The highest BCUT2D eigenvalue weighted by molar-refractivity contribution is 6.23. The number of aromatic amines is 1. The average molecular weight is 329 g/mol. The fourth-order valence-corrected chi connectivity index (χ4v) is 3.39. The molecule has 4 rings (SSSR count). The maximum Gasteiger partial charge on any atom is 0.248 e. The van der Waals surface area contributed by atoms with Crippen molar-refractivity contribution in [3.8, 4) is 17.1 Å². The third-order valence-electron chi connectivity index (χ3n) is 4.69. The van der Waals surface area contributed by atoms with Crippen LogP contribution in [-0.4, -0.2) is 29.6 Å². The molecule has 0 saturated carbocycles. The minimum absolute atomic E-state index is 0.111. The lowest BCUT2D eigenvalue weighted by molar-refractivity contribution is 0.100. The lowest BCUT2D eigenvalue weighted by Crippen LogP contribution is -2.13. The van der Waals surface area contributed by atoms with Crippen molar-refractivity contribution in [3.05, 3.63) is 64.7 Å². The van der Waals surface area contributed by atoms with Crippen LogP contribution in [0.1, 0.15) is 27.9 Å². The molecule has 5 nitrogen and oxygen atoms in total. The van der Waals surface area contributed by atoms with Crippen LogP contribution in [0.3, 0.4) is 0 Å². The number of amides is 1. The minimum Gasteiger partial charge on any atom is -0.494 e. The Labute approximate surface area is 146 Å². The van der Waals surface area contributed by atoms with Crippen molar-refractivity contribution in [2.75, 3.05) is 0 Å². The van der Waals surface area contributed by atoms with Crippen molar-refractivity contribution in [1.29, 1.82) is 0 Å². The van der Waals surface area contributed by atoms with Gasteiger partial charge in [-0.25, -0.2) is 0 Å². The summed E-state index contributed by atoms with van der Waals surface area (Å²) in [7, 11) is 5.78. The highest BCUT2D eigenvalue weighted by atomic mass is 16.3. The van der Waals surface area contributed by atoms with Gasteiger partial charge in [-0.2, -0.15) is 0 Å². The number of carbonyl (C=O) groups excluding carboxylic acids is 1. The van der Waals surface area contributed by atoms with Crippen molar-refractivity contribution in [2.45, 2.75) is 13.0 Å². The molecule has 2 heterocycles. The van der Waals surface area contributed by atoms with E-state index in [-0.39, 0.29) is 11.8 Å². The van der Waals surface area contributed by atoms with E-state index in [1.54, 1.807) is 12.1 Å². The molecular formula is C19H16BN3O2. The highest BCUT2D eigenvalue weighted by Crippen LogP contribution is 2.39. The van der Waals surface area contributed by atoms with Gasteiger partial charge in [-0.3, -0.25) is 9.79 Å². The van der Waals surface area contributed by atoms with Crippen LogP contribution in [0.5, 0.6) is 5.88 Å². The molecule has 2 aromatic rings. The fourth-order valence-electron chi connectivity index (χ4n) is 3.39. The van der Waals surface area contributed by atoms with Crippen LogP contribution in [0, 0.1) is 5.92 Å². The van der Waals surface area contributed by atoms with E-state index in [9.17, 15) is 9.90 Å². The molecule has 122 valence electrons. The van der Waals surface area contributed by atoms with Crippen LogP contribution in [0.4, 0.5) is 0 Å². The molecule has 2 radical (unpaired) electrons. The van der Waals surface area contributed by atoms with Gasteiger partial charge in [0.2, 0.25) is 5.91 Å². The van der Waals surface area contributed by atoms with Crippen LogP contribution < -0.4 is 5.73 Å². The summed E-state index contributed by atoms with van der Waals surface area (Å²) in [6.45, 7) is 0.512. The summed E-state index contributed by atoms with van der Waals surface area (Å²) >= 11 is 0. The number of fused-ring (bicyclic) bond motifs is 1. The second-order valence-corrected chi connectivity index (χ2v) is 6.25. The molecule has 1 aliphatic carbocycles. The first-order valence-corrected chi connectivity index (χ1v) is 8.07. The molecule has 4 N–H and O–H groups in total. The van der Waals surface area contributed by atoms with Gasteiger partial charge in [-0.1, -0.05) is 30.4 Å². The van der Waals surface area contributed by atoms with Crippen LogP contribution >= 0.6 is 0 Å². The Bertz CT molecular complexity index is 952. The van der Waals surface area contributed by atoms with Crippen molar-refractivity contribution in [2.24, 2.45) is 16.6 Å². The monoisotopic (exact) mass is 329 g/mol. The number of aliphatic imine (C=N–C) groups is 1. The number of nitrogens with two attached hydrogens (primary N) is 1. The Morgan fingerprint density at radius 3 is 2.72 bits per heavy atom. The van der Waals surface area contributed by atoms with E-state index >= 15 is 0 Å². The first-order chi connectivity index (χ1) is 12.0. The zero-order valence-corrected chi connectivity index (χ0v) is 13.5. The Morgan fingerprint density at radius 1 is 1.32 bits per heavy atom. The van der Waals surface area contributed by atoms with E-state index in [0.29, 0.717) is 12.1 Å². The van der Waals surface area contributed by atoms with E-state index in [1.807, 2.05) is 30.4 Å². The number of aromatic nitrogens is 1. The maximum atomic E-state index is 11.2. The molecule has 1 aliphatic heterocycles. The zero-order chi connectivity index (χ0) is 17.6. The van der Waals surface area contributed by atoms with Gasteiger partial charge in [-0.05, 0) is 24.1 Å². The number of hydrogen-bond donors (Lipinski definition) is 3. The number of H-pyrrole nitrogens is 1. The molecular weight excluding hydrogens is 313 g/mol. The smallest absolute Gasteiger partial charge is 0.248 e. The SMILES string of the molecule is [B]C1=CCC(C2=NCc3c(-c4ccc(C(N)=O)cc4)[nH]c(O)c32)C=C1. The Hall–Kier alpha value is -3.02. The summed E-state index contributed by atoms with van der Waals surface area (Å²) in [5, 5.41) is 10.4. The number of aromatic hydroxyl groups is 1. The molecule has 2 aliphatic rings. The third-order valence-corrected chi connectivity index (χ3v) is 4.69. The molecule has 6 heteroatoms. The third kappa shape index (κ3) is 2.60. The van der Waals surface area contributed by atoms with Gasteiger partial charge in [0.25, 0.3) is 0 Å². The van der Waals surface area contributed by atoms with Crippen LogP contribution in [0.15, 0.2) is 53.0 Å². The molecule has 1 amide bonds. The van der Waals surface area contributed by atoms with E-state index in [2.05, 4.69) is 9.98 Å². The number of nitrogens with one attached hydrogen (secondary N) is 1. The van der Waals surface area contributed by atoms with Gasteiger partial charge in [-0.15, -0.1) is 5.47 Å². The van der Waals surface area contributed by atoms with Crippen molar-refractivity contribution in [3.63, 3.8) is 0 Å². The average Bonchev–Trinajstić information content (AvgIpc) is 3.17. The summed E-state index contributed by atoms with van der Waals surface area (Å²) < 4.78 is 0. The van der Waals surface area contributed by atoms with Gasteiger partial charge in [0.05, 0.1) is 23.5 Å². The first kappa shape index (κ1) is 15.5. The van der Waals surface area contributed by atoms with Crippen LogP contribution in [-0.2, 0) is 6.54 Å². The summed E-state index contributed by atoms with van der Waals surface area (Å²) in [6.07, 6.45) is 6.64. The highest BCUT2D eigenvalue weighted by Gasteiger charge is 2.30. The minimum atomic E-state index is -0.465. The normalized spacial score (nSPS) is 18.6. The van der Waals surface area contributed by atoms with Gasteiger partial charge in [0.15, 0.2) is 5.88 Å². The number of nitrogens with zero attached hydrogens (tertiary/aromatic N) is 1. The maximum absolute atomic E-state index is 11.2. The number of benzene rings is 1. The lowest BCUT2D eigenvalue weighted by atomic mass is 9.83. The van der Waals surface area contributed by atoms with Gasteiger partial charge >= 0.3 is 0 Å². The standard InChI is InChI=1S/C19H16BN3O2/c20-13-7-5-11(6-8-13)17-15-14(9-22-17)16(23-19(15)25)10-1-3-12(4-2-10)18(21)24/h1-5,7-8,11,23,25H,6,9H2,(H2,21,24).